The fourth-order valence-electron chi connectivity index (χ4n) is 4.18. The molecule has 0 nitrogen and oxygen atoms in total. The predicted molar refractivity (Wildman–Crippen MR) is 120 cm³/mol. The predicted octanol–water partition coefficient (Wildman–Crippen LogP) is 7.46. The third-order valence-corrected chi connectivity index (χ3v) is 6.05. The van der Waals surface area contributed by atoms with E-state index in [-0.39, 0.29) is 0 Å². The third-order valence-electron chi connectivity index (χ3n) is 5.33. The normalized spacial score (nSPS) is 11.3. The molecule has 0 amide bonds. The van der Waals surface area contributed by atoms with Gasteiger partial charge in [0.15, 0.2) is 0 Å². The van der Waals surface area contributed by atoms with Gasteiger partial charge in [-0.2, -0.15) is 0 Å². The van der Waals surface area contributed by atoms with Crippen LogP contribution in [0, 0.1) is 0 Å². The van der Waals surface area contributed by atoms with E-state index in [1.54, 1.807) is 22.3 Å². The van der Waals surface area contributed by atoms with E-state index < -0.39 is 0 Å². The van der Waals surface area contributed by atoms with Crippen molar-refractivity contribution in [2.24, 2.45) is 0 Å². The molecule has 0 aliphatic carbocycles. The Kier molecular flexibility index (Phi) is 8.86. The van der Waals surface area contributed by atoms with E-state index in [0.29, 0.717) is 5.66 Å². The van der Waals surface area contributed by atoms with E-state index in [0.717, 1.165) is 0 Å². The summed E-state index contributed by atoms with van der Waals surface area (Å²) in [5.74, 6) is 0. The Labute approximate surface area is 164 Å². The van der Waals surface area contributed by atoms with Gasteiger partial charge in [-0.25, -0.2) is 0 Å². The molecule has 0 bridgehead atoms. The van der Waals surface area contributed by atoms with Gasteiger partial charge in [-0.1, -0.05) is 89.8 Å². The molecule has 0 aliphatic heterocycles. The van der Waals surface area contributed by atoms with Gasteiger partial charge in [-0.05, 0) is 59.1 Å². The maximum atomic E-state index is 3.17. The molecule has 142 valence electrons. The summed E-state index contributed by atoms with van der Waals surface area (Å²) in [6.07, 6.45) is 9.62. The fraction of sp³-hybridized carbons (Fsp3) is 0.520. The fourth-order valence-corrected chi connectivity index (χ4v) is 4.80. The number of benzene rings is 2. The Morgan fingerprint density at radius 2 is 1.00 bits per heavy atom. The molecular weight excluding hydrogens is 331 g/mol. The first-order chi connectivity index (χ1) is 12.7. The molecule has 2 aromatic rings. The van der Waals surface area contributed by atoms with Crippen molar-refractivity contribution in [1.82, 2.24) is 0 Å². The minimum Gasteiger partial charge on any atom is -0.125 e. The second kappa shape index (κ2) is 10.9. The van der Waals surface area contributed by atoms with Crippen molar-refractivity contribution >= 4 is 9.24 Å². The Morgan fingerprint density at radius 1 is 0.615 bits per heavy atom. The van der Waals surface area contributed by atoms with Crippen LogP contribution >= 0.6 is 9.24 Å². The highest BCUT2D eigenvalue weighted by Gasteiger charge is 2.19. The second-order valence-electron chi connectivity index (χ2n) is 7.45. The van der Waals surface area contributed by atoms with Crippen molar-refractivity contribution in [1.29, 1.82) is 0 Å². The summed E-state index contributed by atoms with van der Waals surface area (Å²) in [6, 6.07) is 14.0. The molecule has 2 aromatic carbocycles. The maximum Gasteiger partial charge on any atom is 0.0239 e. The van der Waals surface area contributed by atoms with E-state index in [4.69, 9.17) is 0 Å². The molecule has 1 heteroatoms. The van der Waals surface area contributed by atoms with Crippen LogP contribution in [0.2, 0.25) is 0 Å². The molecule has 1 unspecified atom stereocenters. The zero-order valence-corrected chi connectivity index (χ0v) is 18.4. The molecule has 0 saturated heterocycles. The van der Waals surface area contributed by atoms with Crippen molar-refractivity contribution in [3.8, 4) is 0 Å². The molecule has 0 radical (unpaired) electrons. The summed E-state index contributed by atoms with van der Waals surface area (Å²) in [7, 11) is 3.17. The van der Waals surface area contributed by atoms with Gasteiger partial charge in [0, 0.05) is 5.66 Å². The number of hydrogen-bond acceptors (Lipinski definition) is 0. The summed E-state index contributed by atoms with van der Waals surface area (Å²) in [6.45, 7) is 9.17. The van der Waals surface area contributed by atoms with Gasteiger partial charge in [-0.3, -0.25) is 0 Å². The van der Waals surface area contributed by atoms with Crippen LogP contribution in [0.1, 0.15) is 92.4 Å². The van der Waals surface area contributed by atoms with Gasteiger partial charge in [0.1, 0.15) is 0 Å². The maximum absolute atomic E-state index is 3.17. The summed E-state index contributed by atoms with van der Waals surface area (Å²) in [4.78, 5) is 0. The SMILES string of the molecule is CCCc1cccc(C(P)c2cccc(CCC)c2CCC)c1CCC. The molecule has 0 heterocycles. The van der Waals surface area contributed by atoms with E-state index in [9.17, 15) is 0 Å². The van der Waals surface area contributed by atoms with E-state index >= 15 is 0 Å². The lowest BCUT2D eigenvalue weighted by Crippen LogP contribution is -2.07. The van der Waals surface area contributed by atoms with Gasteiger partial charge in [-0.15, -0.1) is 9.24 Å². The summed E-state index contributed by atoms with van der Waals surface area (Å²) >= 11 is 0. The smallest absolute Gasteiger partial charge is 0.0239 e. The highest BCUT2D eigenvalue weighted by Crippen LogP contribution is 2.38. The highest BCUT2D eigenvalue weighted by molar-refractivity contribution is 7.17. The molecule has 0 N–H and O–H groups in total. The van der Waals surface area contributed by atoms with Crippen LogP contribution in [0.4, 0.5) is 0 Å². The monoisotopic (exact) mass is 368 g/mol. The average molecular weight is 369 g/mol. The minimum absolute atomic E-state index is 0.395. The van der Waals surface area contributed by atoms with Crippen LogP contribution in [-0.4, -0.2) is 0 Å². The first-order valence-corrected chi connectivity index (χ1v) is 11.3. The molecule has 2 rings (SSSR count). The van der Waals surface area contributed by atoms with Crippen molar-refractivity contribution in [3.63, 3.8) is 0 Å². The Bertz CT molecular complexity index is 627. The summed E-state index contributed by atoms with van der Waals surface area (Å²) < 4.78 is 0. The van der Waals surface area contributed by atoms with Crippen LogP contribution in [0.15, 0.2) is 36.4 Å². The first kappa shape index (κ1) is 21.2. The standard InChI is InChI=1S/C25H37P/c1-5-11-19-15-9-17-23(21(19)13-7-3)25(26)24-18-10-16-20(12-6-2)22(24)14-8-4/h9-10,15-18,25H,5-8,11-14,26H2,1-4H3. The topological polar surface area (TPSA) is 0 Å². The molecule has 0 aromatic heterocycles. The summed E-state index contributed by atoms with van der Waals surface area (Å²) in [5.41, 5.74) is 9.75. The largest absolute Gasteiger partial charge is 0.125 e. The lowest BCUT2D eigenvalue weighted by molar-refractivity contribution is 0.831. The lowest BCUT2D eigenvalue weighted by Gasteiger charge is -2.23. The number of rotatable bonds is 10. The Morgan fingerprint density at radius 3 is 1.35 bits per heavy atom. The molecular formula is C25H37P. The Balaban J connectivity index is 2.53. The van der Waals surface area contributed by atoms with E-state index in [1.165, 1.54) is 62.5 Å². The molecule has 0 fully saturated rings. The van der Waals surface area contributed by atoms with Crippen LogP contribution in [0.3, 0.4) is 0 Å². The van der Waals surface area contributed by atoms with Crippen LogP contribution in [-0.2, 0) is 25.7 Å². The second-order valence-corrected chi connectivity index (χ2v) is 8.11. The van der Waals surface area contributed by atoms with Gasteiger partial charge in [0.2, 0.25) is 0 Å². The van der Waals surface area contributed by atoms with Crippen molar-refractivity contribution in [3.05, 3.63) is 69.8 Å². The summed E-state index contributed by atoms with van der Waals surface area (Å²) in [5, 5.41) is 0. The van der Waals surface area contributed by atoms with Gasteiger partial charge in [0.05, 0.1) is 0 Å². The Hall–Kier alpha value is -1.13. The van der Waals surface area contributed by atoms with Gasteiger partial charge >= 0.3 is 0 Å². The van der Waals surface area contributed by atoms with E-state index in [1.807, 2.05) is 0 Å². The van der Waals surface area contributed by atoms with E-state index in [2.05, 4.69) is 73.3 Å². The lowest BCUT2D eigenvalue weighted by atomic mass is 9.87. The average Bonchev–Trinajstić information content (AvgIpc) is 2.64. The van der Waals surface area contributed by atoms with Crippen molar-refractivity contribution in [2.45, 2.75) is 84.7 Å². The molecule has 0 saturated carbocycles. The zero-order chi connectivity index (χ0) is 18.9. The first-order valence-electron chi connectivity index (χ1n) is 10.6. The van der Waals surface area contributed by atoms with Crippen molar-refractivity contribution in [2.75, 3.05) is 0 Å². The van der Waals surface area contributed by atoms with Crippen LogP contribution in [0.25, 0.3) is 0 Å². The van der Waals surface area contributed by atoms with Crippen LogP contribution < -0.4 is 0 Å². The molecule has 0 aliphatic rings. The van der Waals surface area contributed by atoms with Gasteiger partial charge < -0.3 is 0 Å². The number of aryl methyl sites for hydroxylation is 2. The third kappa shape index (κ3) is 4.98. The van der Waals surface area contributed by atoms with Gasteiger partial charge in [0.25, 0.3) is 0 Å². The highest BCUT2D eigenvalue weighted by atomic mass is 31.0. The molecule has 1 atom stereocenters. The van der Waals surface area contributed by atoms with Crippen LogP contribution in [0.5, 0.6) is 0 Å². The quantitative estimate of drug-likeness (QED) is 0.382. The molecule has 0 spiro atoms. The van der Waals surface area contributed by atoms with Crippen molar-refractivity contribution < 1.29 is 0 Å². The molecule has 26 heavy (non-hydrogen) atoms. The number of hydrogen-bond donors (Lipinski definition) is 0. The minimum atomic E-state index is 0.395. The zero-order valence-electron chi connectivity index (χ0n) is 17.3.